The number of hydrogen-bond donors (Lipinski definition) is 2. The Kier molecular flexibility index (Phi) is 4.71. The van der Waals surface area contributed by atoms with Crippen LogP contribution in [0, 0.1) is 5.92 Å². The summed E-state index contributed by atoms with van der Waals surface area (Å²) in [7, 11) is 0. The molecule has 1 saturated carbocycles. The van der Waals surface area contributed by atoms with Crippen LogP contribution in [-0.4, -0.2) is 18.4 Å². The van der Waals surface area contributed by atoms with Gasteiger partial charge in [0.15, 0.2) is 0 Å². The molecular formula is C19H20N2O2. The first-order valence-electron chi connectivity index (χ1n) is 7.95. The molecule has 0 atom stereocenters. The lowest BCUT2D eigenvalue weighted by atomic mass is 10.1. The topological polar surface area (TPSA) is 58.2 Å². The molecule has 2 amide bonds. The molecule has 0 bridgehead atoms. The van der Waals surface area contributed by atoms with Crippen molar-refractivity contribution >= 4 is 17.5 Å². The van der Waals surface area contributed by atoms with Gasteiger partial charge in [0.25, 0.3) is 5.91 Å². The Bertz CT molecular complexity index is 676. The second-order valence-electron chi connectivity index (χ2n) is 5.83. The summed E-state index contributed by atoms with van der Waals surface area (Å²) < 4.78 is 0. The average Bonchev–Trinajstić information content (AvgIpc) is 3.41. The molecular weight excluding hydrogens is 288 g/mol. The molecule has 2 N–H and O–H groups in total. The number of benzene rings is 2. The van der Waals surface area contributed by atoms with Gasteiger partial charge in [-0.1, -0.05) is 30.3 Å². The molecule has 2 aromatic rings. The van der Waals surface area contributed by atoms with Gasteiger partial charge in [0.1, 0.15) is 0 Å². The van der Waals surface area contributed by atoms with Crippen LogP contribution >= 0.6 is 0 Å². The zero-order valence-corrected chi connectivity index (χ0v) is 12.9. The van der Waals surface area contributed by atoms with Crippen molar-refractivity contribution in [3.63, 3.8) is 0 Å². The summed E-state index contributed by atoms with van der Waals surface area (Å²) in [5.74, 6) is 0.155. The molecule has 0 unspecified atom stereocenters. The minimum absolute atomic E-state index is 0.0741. The summed E-state index contributed by atoms with van der Waals surface area (Å²) in [6, 6.07) is 17.1. The molecule has 2 aromatic carbocycles. The van der Waals surface area contributed by atoms with Gasteiger partial charge in [-0.3, -0.25) is 9.59 Å². The van der Waals surface area contributed by atoms with Crippen molar-refractivity contribution in [2.75, 3.05) is 11.9 Å². The second-order valence-corrected chi connectivity index (χ2v) is 5.83. The van der Waals surface area contributed by atoms with Gasteiger partial charge in [-0.25, -0.2) is 0 Å². The zero-order chi connectivity index (χ0) is 16.1. The third-order valence-electron chi connectivity index (χ3n) is 3.90. The van der Waals surface area contributed by atoms with Crippen molar-refractivity contribution in [3.8, 4) is 0 Å². The fourth-order valence-corrected chi connectivity index (χ4v) is 2.36. The van der Waals surface area contributed by atoms with Crippen LogP contribution in [0.5, 0.6) is 0 Å². The Balaban J connectivity index is 1.48. The fraction of sp³-hybridized carbons (Fsp3) is 0.263. The number of nitrogens with one attached hydrogen (secondary N) is 2. The Labute approximate surface area is 135 Å². The summed E-state index contributed by atoms with van der Waals surface area (Å²) in [6.45, 7) is 0.600. The predicted molar refractivity (Wildman–Crippen MR) is 90.3 cm³/mol. The van der Waals surface area contributed by atoms with E-state index in [1.54, 1.807) is 24.3 Å². The smallest absolute Gasteiger partial charge is 0.251 e. The van der Waals surface area contributed by atoms with Gasteiger partial charge in [-0.2, -0.15) is 0 Å². The standard InChI is InChI=1S/C19H20N2O2/c22-18(20-13-12-14-4-2-1-3-5-14)15-8-10-17(11-9-15)21-19(23)16-6-7-16/h1-5,8-11,16H,6-7,12-13H2,(H,20,22)(H,21,23). The van der Waals surface area contributed by atoms with Crippen molar-refractivity contribution in [1.82, 2.24) is 5.32 Å². The molecule has 23 heavy (non-hydrogen) atoms. The van der Waals surface area contributed by atoms with Crippen LogP contribution in [0.1, 0.15) is 28.8 Å². The van der Waals surface area contributed by atoms with Gasteiger partial charge in [-0.15, -0.1) is 0 Å². The van der Waals surface area contributed by atoms with E-state index >= 15 is 0 Å². The largest absolute Gasteiger partial charge is 0.352 e. The van der Waals surface area contributed by atoms with E-state index in [0.717, 1.165) is 24.9 Å². The molecule has 0 heterocycles. The fourth-order valence-electron chi connectivity index (χ4n) is 2.36. The van der Waals surface area contributed by atoms with E-state index in [2.05, 4.69) is 10.6 Å². The summed E-state index contributed by atoms with van der Waals surface area (Å²) in [5.41, 5.74) is 2.54. The molecule has 1 fully saturated rings. The van der Waals surface area contributed by atoms with Crippen LogP contribution < -0.4 is 10.6 Å². The van der Waals surface area contributed by atoms with Crippen LogP contribution in [0.2, 0.25) is 0 Å². The monoisotopic (exact) mass is 308 g/mol. The summed E-state index contributed by atoms with van der Waals surface area (Å²) in [4.78, 5) is 23.8. The van der Waals surface area contributed by atoms with Gasteiger partial charge >= 0.3 is 0 Å². The quantitative estimate of drug-likeness (QED) is 0.862. The van der Waals surface area contributed by atoms with E-state index < -0.39 is 0 Å². The third kappa shape index (κ3) is 4.42. The average molecular weight is 308 g/mol. The first-order chi connectivity index (χ1) is 11.2. The van der Waals surface area contributed by atoms with Crippen LogP contribution in [0.4, 0.5) is 5.69 Å². The van der Waals surface area contributed by atoms with E-state index in [1.807, 2.05) is 30.3 Å². The number of amides is 2. The van der Waals surface area contributed by atoms with E-state index in [0.29, 0.717) is 12.1 Å². The lowest BCUT2D eigenvalue weighted by Crippen LogP contribution is -2.25. The molecule has 0 saturated heterocycles. The molecule has 0 aromatic heterocycles. The molecule has 4 heteroatoms. The van der Waals surface area contributed by atoms with E-state index in [-0.39, 0.29) is 17.7 Å². The van der Waals surface area contributed by atoms with Gasteiger partial charge in [0.2, 0.25) is 5.91 Å². The maximum absolute atomic E-state index is 12.1. The van der Waals surface area contributed by atoms with Crippen molar-refractivity contribution in [2.24, 2.45) is 5.92 Å². The Morgan fingerprint density at radius 1 is 0.957 bits per heavy atom. The predicted octanol–water partition coefficient (Wildman–Crippen LogP) is 3.01. The number of rotatable bonds is 6. The van der Waals surface area contributed by atoms with Crippen molar-refractivity contribution in [3.05, 3.63) is 65.7 Å². The minimum Gasteiger partial charge on any atom is -0.352 e. The summed E-state index contributed by atoms with van der Waals surface area (Å²) >= 11 is 0. The number of anilines is 1. The lowest BCUT2D eigenvalue weighted by molar-refractivity contribution is -0.117. The molecule has 3 rings (SSSR count). The van der Waals surface area contributed by atoms with Crippen LogP contribution in [-0.2, 0) is 11.2 Å². The molecule has 1 aliphatic carbocycles. The first-order valence-corrected chi connectivity index (χ1v) is 7.95. The Morgan fingerprint density at radius 2 is 1.65 bits per heavy atom. The van der Waals surface area contributed by atoms with Gasteiger partial charge in [0.05, 0.1) is 0 Å². The number of carbonyl (C=O) groups excluding carboxylic acids is 2. The second kappa shape index (κ2) is 7.09. The van der Waals surface area contributed by atoms with Crippen molar-refractivity contribution in [1.29, 1.82) is 0 Å². The first kappa shape index (κ1) is 15.3. The van der Waals surface area contributed by atoms with Crippen LogP contribution in [0.3, 0.4) is 0 Å². The third-order valence-corrected chi connectivity index (χ3v) is 3.90. The van der Waals surface area contributed by atoms with Crippen LogP contribution in [0.25, 0.3) is 0 Å². The Hall–Kier alpha value is -2.62. The SMILES string of the molecule is O=C(NCCc1ccccc1)c1ccc(NC(=O)C2CC2)cc1. The van der Waals surface area contributed by atoms with Gasteiger partial charge < -0.3 is 10.6 Å². The van der Waals surface area contributed by atoms with E-state index in [1.165, 1.54) is 5.56 Å². The van der Waals surface area contributed by atoms with Crippen molar-refractivity contribution < 1.29 is 9.59 Å². The molecule has 118 valence electrons. The molecule has 0 aliphatic heterocycles. The minimum atomic E-state index is -0.0963. The Morgan fingerprint density at radius 3 is 2.30 bits per heavy atom. The maximum Gasteiger partial charge on any atom is 0.251 e. The molecule has 0 spiro atoms. The normalized spacial score (nSPS) is 13.4. The molecule has 1 aliphatic rings. The van der Waals surface area contributed by atoms with E-state index in [9.17, 15) is 9.59 Å². The zero-order valence-electron chi connectivity index (χ0n) is 12.9. The molecule has 4 nitrogen and oxygen atoms in total. The summed E-state index contributed by atoms with van der Waals surface area (Å²) in [5, 5.41) is 5.77. The lowest BCUT2D eigenvalue weighted by Gasteiger charge is -2.07. The highest BCUT2D eigenvalue weighted by Gasteiger charge is 2.29. The highest BCUT2D eigenvalue weighted by atomic mass is 16.2. The van der Waals surface area contributed by atoms with Gasteiger partial charge in [-0.05, 0) is 49.1 Å². The number of carbonyl (C=O) groups is 2. The maximum atomic E-state index is 12.1. The molecule has 0 radical (unpaired) electrons. The number of hydrogen-bond acceptors (Lipinski definition) is 2. The summed E-state index contributed by atoms with van der Waals surface area (Å²) in [6.07, 6.45) is 2.77. The van der Waals surface area contributed by atoms with Gasteiger partial charge in [0, 0.05) is 23.7 Å². The van der Waals surface area contributed by atoms with Crippen molar-refractivity contribution in [2.45, 2.75) is 19.3 Å². The van der Waals surface area contributed by atoms with E-state index in [4.69, 9.17) is 0 Å². The van der Waals surface area contributed by atoms with Crippen LogP contribution in [0.15, 0.2) is 54.6 Å². The highest BCUT2D eigenvalue weighted by molar-refractivity contribution is 5.96. The highest BCUT2D eigenvalue weighted by Crippen LogP contribution is 2.30.